The van der Waals surface area contributed by atoms with E-state index in [-0.39, 0.29) is 4.83 Å². The van der Waals surface area contributed by atoms with Crippen molar-refractivity contribution in [3.8, 4) is 0 Å². The summed E-state index contributed by atoms with van der Waals surface area (Å²) in [5, 5.41) is 0. The second-order valence-electron chi connectivity index (χ2n) is 1.28. The third kappa shape index (κ3) is 1.23. The van der Waals surface area contributed by atoms with Crippen LogP contribution in [0.4, 0.5) is 4.79 Å². The van der Waals surface area contributed by atoms with Crippen LogP contribution in [0.25, 0.3) is 0 Å². The van der Waals surface area contributed by atoms with Gasteiger partial charge in [-0.25, -0.2) is 14.8 Å². The topological polar surface area (TPSA) is 41.8 Å². The van der Waals surface area contributed by atoms with Crippen molar-refractivity contribution >= 4 is 34.4 Å². The molecule has 0 atom stereocenters. The molecule has 0 saturated carbocycles. The van der Waals surface area contributed by atoms with Crippen LogP contribution in [0.15, 0.2) is 9.98 Å². The average Bonchev–Trinajstić information content (AvgIpc) is 1.77. The molecule has 0 aromatic rings. The van der Waals surface area contributed by atoms with Crippen molar-refractivity contribution in [2.75, 3.05) is 0 Å². The van der Waals surface area contributed by atoms with Crippen LogP contribution in [0.3, 0.4) is 0 Å². The van der Waals surface area contributed by atoms with Gasteiger partial charge in [0.1, 0.15) is 0 Å². The molecule has 8 heavy (non-hydrogen) atoms. The van der Waals surface area contributed by atoms with Gasteiger partial charge in [0.2, 0.25) is 0 Å². The van der Waals surface area contributed by atoms with E-state index in [0.717, 1.165) is 0 Å². The Hall–Kier alpha value is -0.510. The molecule has 1 aliphatic heterocycles. The lowest BCUT2D eigenvalue weighted by atomic mass is 10.5. The highest BCUT2D eigenvalue weighted by Crippen LogP contribution is 1.97. The maximum atomic E-state index is 10.2. The third-order valence-corrected chi connectivity index (χ3v) is 1.13. The van der Waals surface area contributed by atoms with Crippen molar-refractivity contribution in [3.05, 3.63) is 0 Å². The highest BCUT2D eigenvalue weighted by Gasteiger charge is 2.02. The largest absolute Gasteiger partial charge is 0.366 e. The first kappa shape index (κ1) is 5.62. The summed E-state index contributed by atoms with van der Waals surface area (Å²) in [5.41, 5.74) is 0. The number of carbonyl (C=O) groups is 1. The van der Waals surface area contributed by atoms with E-state index in [4.69, 9.17) is 0 Å². The first-order valence-electron chi connectivity index (χ1n) is 2.05. The summed E-state index contributed by atoms with van der Waals surface area (Å²) < 4.78 is 0. The Kier molecular flexibility index (Phi) is 1.53. The number of hydrogen-bond acceptors (Lipinski definition) is 1. The fourth-order valence-electron chi connectivity index (χ4n) is 0.342. The summed E-state index contributed by atoms with van der Waals surface area (Å²) in [6, 6.07) is -0.430. The first-order chi connectivity index (χ1) is 3.79. The van der Waals surface area contributed by atoms with Crippen molar-refractivity contribution < 1.29 is 4.79 Å². The lowest BCUT2D eigenvalue weighted by Crippen LogP contribution is -2.08. The molecule has 0 radical (unpaired) electrons. The molecule has 1 heterocycles. The van der Waals surface area contributed by atoms with Gasteiger partial charge in [-0.05, 0) is 0 Å². The van der Waals surface area contributed by atoms with E-state index < -0.39 is 6.03 Å². The molecule has 2 amide bonds. The predicted molar refractivity (Wildman–Crippen MR) is 35.1 cm³/mol. The highest BCUT2D eigenvalue weighted by atomic mass is 79.9. The van der Waals surface area contributed by atoms with Gasteiger partial charge in [-0.15, -0.1) is 0 Å². The van der Waals surface area contributed by atoms with Gasteiger partial charge in [0.05, 0.1) is 4.83 Å². The predicted octanol–water partition coefficient (Wildman–Crippen LogP) is 1.03. The monoisotopic (exact) mass is 174 g/mol. The molecule has 0 unspecified atom stereocenters. The lowest BCUT2D eigenvalue weighted by Gasteiger charge is -1.95. The van der Waals surface area contributed by atoms with E-state index in [1.165, 1.54) is 12.4 Å². The maximum absolute atomic E-state index is 10.2. The molecular weight excluding hydrogens is 172 g/mol. The van der Waals surface area contributed by atoms with Crippen molar-refractivity contribution in [1.29, 1.82) is 0 Å². The van der Waals surface area contributed by atoms with Crippen LogP contribution >= 0.6 is 15.9 Å². The first-order valence-corrected chi connectivity index (χ1v) is 2.97. The molecule has 1 aliphatic rings. The molecule has 3 nitrogen and oxygen atoms in total. The Morgan fingerprint density at radius 2 is 2.00 bits per heavy atom. The highest BCUT2D eigenvalue weighted by molar-refractivity contribution is 9.10. The molecule has 0 aliphatic carbocycles. The van der Waals surface area contributed by atoms with Crippen LogP contribution in [0.1, 0.15) is 0 Å². The van der Waals surface area contributed by atoms with E-state index in [1.54, 1.807) is 0 Å². The van der Waals surface area contributed by atoms with Crippen molar-refractivity contribution in [1.82, 2.24) is 0 Å². The average molecular weight is 175 g/mol. The van der Waals surface area contributed by atoms with Crippen LogP contribution in [0, 0.1) is 0 Å². The van der Waals surface area contributed by atoms with Crippen LogP contribution in [0.5, 0.6) is 0 Å². The quantitative estimate of drug-likeness (QED) is 0.506. The summed E-state index contributed by atoms with van der Waals surface area (Å²) in [6.07, 6.45) is 2.99. The van der Waals surface area contributed by atoms with Gasteiger partial charge < -0.3 is 0 Å². The number of alkyl halides is 1. The smallest absolute Gasteiger partial charge is 0.244 e. The summed E-state index contributed by atoms with van der Waals surface area (Å²) in [6.45, 7) is 0. The van der Waals surface area contributed by atoms with Crippen molar-refractivity contribution in [2.45, 2.75) is 4.83 Å². The van der Waals surface area contributed by atoms with Gasteiger partial charge in [0, 0.05) is 12.4 Å². The summed E-state index contributed by atoms with van der Waals surface area (Å²) in [7, 11) is 0. The molecule has 0 N–H and O–H groups in total. The second kappa shape index (κ2) is 2.17. The number of nitrogens with zero attached hydrogens (tertiary/aromatic N) is 2. The standard InChI is InChI=1S/C4H3BrN2O/c5-3-1-6-4(8)7-2-3/h1-3H. The Balaban J connectivity index is 2.68. The Morgan fingerprint density at radius 1 is 1.50 bits per heavy atom. The Morgan fingerprint density at radius 3 is 2.38 bits per heavy atom. The number of aliphatic imine (C=N–C) groups is 2. The van der Waals surface area contributed by atoms with E-state index in [2.05, 4.69) is 25.9 Å². The SMILES string of the molecule is O=C1N=CC(Br)C=N1. The number of carbonyl (C=O) groups excluding carboxylic acids is 1. The van der Waals surface area contributed by atoms with Crippen molar-refractivity contribution in [2.24, 2.45) is 9.98 Å². The number of urea groups is 1. The van der Waals surface area contributed by atoms with Gasteiger partial charge in [0.15, 0.2) is 0 Å². The number of hydrogen-bond donors (Lipinski definition) is 0. The van der Waals surface area contributed by atoms with Crippen LogP contribution < -0.4 is 0 Å². The van der Waals surface area contributed by atoms with Gasteiger partial charge in [-0.1, -0.05) is 15.9 Å². The normalized spacial score (nSPS) is 19.9. The Labute approximate surface area is 54.6 Å². The summed E-state index contributed by atoms with van der Waals surface area (Å²) in [5.74, 6) is 0. The second-order valence-corrected chi connectivity index (χ2v) is 2.34. The van der Waals surface area contributed by atoms with Gasteiger partial charge in [-0.2, -0.15) is 0 Å². The molecule has 0 bridgehead atoms. The zero-order valence-electron chi connectivity index (χ0n) is 3.91. The molecule has 0 aromatic carbocycles. The molecular formula is C4H3BrN2O. The van der Waals surface area contributed by atoms with Crippen LogP contribution in [-0.4, -0.2) is 23.3 Å². The minimum atomic E-state index is -0.430. The molecule has 42 valence electrons. The van der Waals surface area contributed by atoms with Crippen LogP contribution in [-0.2, 0) is 0 Å². The molecule has 0 fully saturated rings. The fraction of sp³-hybridized carbons (Fsp3) is 0.250. The van der Waals surface area contributed by atoms with E-state index in [0.29, 0.717) is 0 Å². The maximum Gasteiger partial charge on any atom is 0.366 e. The molecule has 4 heteroatoms. The van der Waals surface area contributed by atoms with E-state index in [9.17, 15) is 4.79 Å². The minimum Gasteiger partial charge on any atom is -0.244 e. The van der Waals surface area contributed by atoms with E-state index >= 15 is 0 Å². The molecule has 1 rings (SSSR count). The van der Waals surface area contributed by atoms with E-state index in [1.807, 2.05) is 0 Å². The van der Waals surface area contributed by atoms with Gasteiger partial charge >= 0.3 is 6.03 Å². The zero-order valence-corrected chi connectivity index (χ0v) is 5.50. The number of amides is 2. The van der Waals surface area contributed by atoms with Gasteiger partial charge in [-0.3, -0.25) is 0 Å². The summed E-state index contributed by atoms with van der Waals surface area (Å²) in [4.78, 5) is 17.0. The number of rotatable bonds is 0. The third-order valence-electron chi connectivity index (χ3n) is 0.655. The zero-order chi connectivity index (χ0) is 5.98. The molecule has 0 saturated heterocycles. The lowest BCUT2D eigenvalue weighted by molar-refractivity contribution is 0.257. The molecule has 0 spiro atoms. The Bertz CT molecular complexity index is 147. The molecule has 0 aromatic heterocycles. The fourth-order valence-corrected chi connectivity index (χ4v) is 0.578. The van der Waals surface area contributed by atoms with Crippen LogP contribution in [0.2, 0.25) is 0 Å². The number of halogens is 1. The minimum absolute atomic E-state index is 0.0280. The van der Waals surface area contributed by atoms with Gasteiger partial charge in [0.25, 0.3) is 0 Å². The van der Waals surface area contributed by atoms with Crippen molar-refractivity contribution in [3.63, 3.8) is 0 Å². The summed E-state index contributed by atoms with van der Waals surface area (Å²) >= 11 is 3.16.